The number of hydrogen-bond acceptors (Lipinski definition) is 8. The van der Waals surface area contributed by atoms with E-state index in [0.717, 1.165) is 48.6 Å². The van der Waals surface area contributed by atoms with Gasteiger partial charge in [0.05, 0.1) is 12.0 Å². The zero-order valence-corrected chi connectivity index (χ0v) is 27.0. The van der Waals surface area contributed by atoms with Gasteiger partial charge in [-0.3, -0.25) is 19.1 Å². The van der Waals surface area contributed by atoms with E-state index in [-0.39, 0.29) is 17.0 Å². The van der Waals surface area contributed by atoms with Gasteiger partial charge in [0.1, 0.15) is 27.5 Å². The van der Waals surface area contributed by atoms with Gasteiger partial charge in [-0.1, -0.05) is 67.7 Å². The van der Waals surface area contributed by atoms with Crippen molar-refractivity contribution in [3.05, 3.63) is 92.1 Å². The number of benzene rings is 2. The van der Waals surface area contributed by atoms with Crippen LogP contribution in [0.25, 0.3) is 6.08 Å². The van der Waals surface area contributed by atoms with E-state index in [2.05, 4.69) is 34.9 Å². The summed E-state index contributed by atoms with van der Waals surface area (Å²) in [5, 5.41) is 10.0. The summed E-state index contributed by atoms with van der Waals surface area (Å²) < 4.78 is 7.51. The number of carbonyl (C=O) groups is 1. The highest BCUT2D eigenvalue weighted by atomic mass is 32.2. The van der Waals surface area contributed by atoms with Gasteiger partial charge in [0.2, 0.25) is 0 Å². The Labute approximate surface area is 268 Å². The molecule has 44 heavy (non-hydrogen) atoms. The maximum atomic E-state index is 13.7. The number of nitrogens with zero attached hydrogens (tertiary/aromatic N) is 5. The summed E-state index contributed by atoms with van der Waals surface area (Å²) in [4.78, 5) is 34.1. The topological polar surface area (TPSA) is 81.8 Å². The lowest BCUT2D eigenvalue weighted by atomic mass is 10.0. The van der Waals surface area contributed by atoms with Gasteiger partial charge in [-0.2, -0.15) is 5.26 Å². The second-order valence-electron chi connectivity index (χ2n) is 10.9. The van der Waals surface area contributed by atoms with Crippen molar-refractivity contribution in [3.63, 3.8) is 0 Å². The molecule has 2 saturated heterocycles. The van der Waals surface area contributed by atoms with Crippen molar-refractivity contribution in [1.82, 2.24) is 9.47 Å². The van der Waals surface area contributed by atoms with Crippen LogP contribution in [0, 0.1) is 18.3 Å². The lowest BCUT2D eigenvalue weighted by Gasteiger charge is -2.39. The van der Waals surface area contributed by atoms with Gasteiger partial charge >= 0.3 is 0 Å². The number of pyridine rings is 1. The minimum absolute atomic E-state index is 0.119. The number of amides is 1. The Morgan fingerprint density at radius 3 is 2.32 bits per heavy atom. The molecule has 2 fully saturated rings. The van der Waals surface area contributed by atoms with E-state index in [4.69, 9.17) is 17.0 Å². The molecule has 0 unspecified atom stereocenters. The number of piperazine rings is 1. The number of hydrogen-bond donors (Lipinski definition) is 0. The van der Waals surface area contributed by atoms with Crippen molar-refractivity contribution in [2.45, 2.75) is 39.7 Å². The minimum Gasteiger partial charge on any atom is -0.497 e. The number of unbranched alkanes of at least 4 members (excludes halogenated alkanes) is 1. The highest BCUT2D eigenvalue weighted by Crippen LogP contribution is 2.36. The molecule has 3 heterocycles. The lowest BCUT2D eigenvalue weighted by Crippen LogP contribution is -2.48. The molecular weight excluding hydrogens is 591 g/mol. The summed E-state index contributed by atoms with van der Waals surface area (Å²) >= 11 is 6.93. The van der Waals surface area contributed by atoms with Crippen LogP contribution in [-0.4, -0.2) is 59.5 Å². The molecule has 5 rings (SSSR count). The van der Waals surface area contributed by atoms with Gasteiger partial charge in [0.15, 0.2) is 0 Å². The molecule has 10 heteroatoms. The van der Waals surface area contributed by atoms with E-state index in [9.17, 15) is 14.9 Å². The number of aromatic nitrogens is 1. The van der Waals surface area contributed by atoms with Crippen LogP contribution in [0.15, 0.2) is 64.3 Å². The van der Waals surface area contributed by atoms with Crippen LogP contribution in [0.2, 0.25) is 0 Å². The van der Waals surface area contributed by atoms with Crippen molar-refractivity contribution in [2.75, 3.05) is 49.6 Å². The SMILES string of the molecule is CCCCn1c(N2CCN(c3ccccc3)CC2)c(C=C2SC(=S)N(CCc3ccc(OC)cc3)C2=O)c(C)c(C#N)c1=O. The summed E-state index contributed by atoms with van der Waals surface area (Å²) in [5.41, 5.74) is 3.43. The molecule has 1 amide bonds. The van der Waals surface area contributed by atoms with Crippen molar-refractivity contribution in [1.29, 1.82) is 5.26 Å². The fraction of sp³-hybridized carbons (Fsp3) is 0.353. The Bertz CT molecular complexity index is 1650. The third kappa shape index (κ3) is 6.54. The Hall–Kier alpha value is -4.07. The Balaban J connectivity index is 1.48. The molecule has 0 atom stereocenters. The monoisotopic (exact) mass is 627 g/mol. The maximum Gasteiger partial charge on any atom is 0.270 e. The zero-order chi connectivity index (χ0) is 31.2. The molecular formula is C34H37N5O3S2. The van der Waals surface area contributed by atoms with Crippen molar-refractivity contribution in [2.24, 2.45) is 0 Å². The Morgan fingerprint density at radius 1 is 1.00 bits per heavy atom. The Kier molecular flexibility index (Phi) is 10.1. The standard InChI is InChI=1S/C34H37N5O3S2/c1-4-5-16-38-31(37-20-18-36(19-21-37)26-9-7-6-8-10-26)28(24(2)29(23-35)32(38)40)22-30-33(41)39(34(43)44-30)17-15-25-11-13-27(42-3)14-12-25/h6-14,22H,4-5,15-21H2,1-3H3. The quantitative estimate of drug-likeness (QED) is 0.212. The molecule has 0 aliphatic carbocycles. The maximum absolute atomic E-state index is 13.7. The number of rotatable bonds is 10. The van der Waals surface area contributed by atoms with E-state index in [1.807, 2.05) is 55.5 Å². The average Bonchev–Trinajstić information content (AvgIpc) is 3.32. The fourth-order valence-electron chi connectivity index (χ4n) is 5.68. The first-order valence-corrected chi connectivity index (χ1v) is 16.2. The molecule has 1 aromatic heterocycles. The molecule has 0 spiro atoms. The molecule has 0 bridgehead atoms. The third-order valence-corrected chi connectivity index (χ3v) is 9.59. The Morgan fingerprint density at radius 2 is 1.68 bits per heavy atom. The van der Waals surface area contributed by atoms with Gasteiger partial charge in [-0.15, -0.1) is 0 Å². The largest absolute Gasteiger partial charge is 0.497 e. The van der Waals surface area contributed by atoms with E-state index >= 15 is 0 Å². The molecule has 0 saturated carbocycles. The van der Waals surface area contributed by atoms with Gasteiger partial charge < -0.3 is 14.5 Å². The van der Waals surface area contributed by atoms with E-state index in [1.165, 1.54) is 17.4 Å². The van der Waals surface area contributed by atoms with Crippen molar-refractivity contribution >= 4 is 51.8 Å². The van der Waals surface area contributed by atoms with Crippen LogP contribution in [0.3, 0.4) is 0 Å². The zero-order valence-electron chi connectivity index (χ0n) is 25.4. The number of anilines is 2. The third-order valence-electron chi connectivity index (χ3n) is 8.21. The predicted octanol–water partition coefficient (Wildman–Crippen LogP) is 5.61. The molecule has 2 aliphatic rings. The predicted molar refractivity (Wildman–Crippen MR) is 183 cm³/mol. The van der Waals surface area contributed by atoms with E-state index in [1.54, 1.807) is 16.6 Å². The first-order valence-electron chi connectivity index (χ1n) is 15.0. The van der Waals surface area contributed by atoms with Crippen LogP contribution in [0.5, 0.6) is 5.75 Å². The normalized spacial score (nSPS) is 16.1. The summed E-state index contributed by atoms with van der Waals surface area (Å²) in [7, 11) is 1.63. The van der Waals surface area contributed by atoms with Gasteiger partial charge in [-0.05, 0) is 61.2 Å². The highest BCUT2D eigenvalue weighted by Gasteiger charge is 2.33. The van der Waals surface area contributed by atoms with Gasteiger partial charge in [0.25, 0.3) is 11.5 Å². The average molecular weight is 628 g/mol. The van der Waals surface area contributed by atoms with E-state index < -0.39 is 0 Å². The first kappa shape index (κ1) is 31.4. The number of para-hydroxylation sites is 1. The van der Waals surface area contributed by atoms with Gasteiger partial charge in [-0.25, -0.2) is 0 Å². The van der Waals surface area contributed by atoms with Crippen LogP contribution in [-0.2, 0) is 17.8 Å². The number of carbonyl (C=O) groups excluding carboxylic acids is 1. The van der Waals surface area contributed by atoms with Crippen LogP contribution < -0.4 is 20.1 Å². The highest BCUT2D eigenvalue weighted by molar-refractivity contribution is 8.26. The molecule has 0 N–H and O–H groups in total. The minimum atomic E-state index is -0.275. The molecule has 2 aromatic carbocycles. The fourth-order valence-corrected chi connectivity index (χ4v) is 6.97. The van der Waals surface area contributed by atoms with Crippen LogP contribution in [0.4, 0.5) is 11.5 Å². The lowest BCUT2D eigenvalue weighted by molar-refractivity contribution is -0.122. The number of nitriles is 1. The molecule has 2 aliphatic heterocycles. The molecule has 8 nitrogen and oxygen atoms in total. The summed E-state index contributed by atoms with van der Waals surface area (Å²) in [5.74, 6) is 1.40. The van der Waals surface area contributed by atoms with Crippen LogP contribution in [0.1, 0.15) is 42.0 Å². The molecule has 228 valence electrons. The first-order chi connectivity index (χ1) is 21.4. The van der Waals surface area contributed by atoms with Crippen molar-refractivity contribution in [3.8, 4) is 11.8 Å². The van der Waals surface area contributed by atoms with Crippen molar-refractivity contribution < 1.29 is 9.53 Å². The number of thiocarbonyl (C=S) groups is 1. The summed E-state index contributed by atoms with van der Waals surface area (Å²) in [6.07, 6.45) is 4.22. The number of ether oxygens (including phenoxy) is 1. The summed E-state index contributed by atoms with van der Waals surface area (Å²) in [6, 6.07) is 20.3. The number of thioether (sulfide) groups is 1. The molecule has 3 aromatic rings. The number of methoxy groups -OCH3 is 1. The smallest absolute Gasteiger partial charge is 0.270 e. The second kappa shape index (κ2) is 14.1. The summed E-state index contributed by atoms with van der Waals surface area (Å²) in [6.45, 7) is 7.84. The van der Waals surface area contributed by atoms with Crippen LogP contribution >= 0.6 is 24.0 Å². The van der Waals surface area contributed by atoms with Gasteiger partial charge in [0, 0.05) is 50.5 Å². The second-order valence-corrected chi connectivity index (χ2v) is 12.6. The molecule has 0 radical (unpaired) electrons. The van der Waals surface area contributed by atoms with E-state index in [0.29, 0.717) is 47.4 Å².